The van der Waals surface area contributed by atoms with E-state index in [0.29, 0.717) is 6.42 Å². The Kier molecular flexibility index (Phi) is 16.4. The van der Waals surface area contributed by atoms with Gasteiger partial charge in [0.25, 0.3) is 10.1 Å². The van der Waals surface area contributed by atoms with Gasteiger partial charge >= 0.3 is 35.5 Å². The van der Waals surface area contributed by atoms with Crippen molar-refractivity contribution in [3.05, 3.63) is 0 Å². The van der Waals surface area contributed by atoms with E-state index in [1.165, 1.54) is 32.1 Å². The number of unbranched alkanes of at least 4 members (excludes halogenated alkanes) is 8. The molecule has 1 atom stereocenters. The van der Waals surface area contributed by atoms with Crippen molar-refractivity contribution in [3.8, 4) is 0 Å². The van der Waals surface area contributed by atoms with E-state index >= 15 is 0 Å². The number of hydrogen-bond donors (Lipinski definition) is 2. The number of nitrogens with zero attached hydrogens (tertiary/aromatic N) is 1. The quantitative estimate of drug-likeness (QED) is 0.132. The van der Waals surface area contributed by atoms with Crippen LogP contribution in [0.1, 0.15) is 71.1 Å². The predicted molar refractivity (Wildman–Crippen MR) is 87.1 cm³/mol. The first-order chi connectivity index (χ1) is 10.8. The van der Waals surface area contributed by atoms with Crippen molar-refractivity contribution >= 4 is 22.0 Å². The minimum Gasteiger partial charge on any atom is -0.862 e. The molecule has 0 heterocycles. The number of aliphatic carboxylic acids is 1. The fraction of sp³-hybridized carbons (Fsp3) is 0.867. The van der Waals surface area contributed by atoms with Gasteiger partial charge in [0.1, 0.15) is 5.75 Å². The Hall–Kier alpha value is -0.150. The summed E-state index contributed by atoms with van der Waals surface area (Å²) in [5.41, 5.74) is 0. The topological polar surface area (TPSA) is 127 Å². The maximum absolute atomic E-state index is 11.5. The second-order valence-electron chi connectivity index (χ2n) is 5.70. The molecular formula is C15H28NNaO6S. The van der Waals surface area contributed by atoms with E-state index in [9.17, 15) is 18.3 Å². The third-order valence-electron chi connectivity index (χ3n) is 3.45. The number of rotatable bonds is 14. The summed E-state index contributed by atoms with van der Waals surface area (Å²) in [5.74, 6) is -3.25. The van der Waals surface area contributed by atoms with E-state index in [1.807, 2.05) is 0 Å². The van der Waals surface area contributed by atoms with Crippen molar-refractivity contribution in [2.45, 2.75) is 77.2 Å². The summed E-state index contributed by atoms with van der Waals surface area (Å²) < 4.78 is 30.0. The van der Waals surface area contributed by atoms with Crippen molar-refractivity contribution in [2.75, 3.05) is 5.75 Å². The second kappa shape index (κ2) is 15.1. The molecule has 0 radical (unpaired) electrons. The van der Waals surface area contributed by atoms with E-state index < -0.39 is 33.8 Å². The molecular weight excluding hydrogens is 345 g/mol. The van der Waals surface area contributed by atoms with E-state index in [4.69, 9.17) is 9.66 Å². The smallest absolute Gasteiger partial charge is 0.862 e. The van der Waals surface area contributed by atoms with Crippen LogP contribution in [0.4, 0.5) is 0 Å². The molecule has 0 fully saturated rings. The second-order valence-corrected chi connectivity index (χ2v) is 7.20. The standard InChI is InChI=1S/C15H29NO6S.Na/c1-2-3-4-5-6-7-8-9-10-11-14(17)16-13(15(18)19)12-23(20,21)22;/h13H,2-12H2,1H3,(H,16,17)(H,18,19)(H,20,21,22);/q;+1/p-1/t13-;/m0./s1. The molecule has 0 aromatic rings. The Morgan fingerprint density at radius 2 is 1.50 bits per heavy atom. The maximum Gasteiger partial charge on any atom is 1.00 e. The average molecular weight is 373 g/mol. The van der Waals surface area contributed by atoms with Gasteiger partial charge in [-0.15, -0.1) is 0 Å². The van der Waals surface area contributed by atoms with Crippen LogP contribution < -0.4 is 34.7 Å². The Bertz CT molecular complexity index is 467. The summed E-state index contributed by atoms with van der Waals surface area (Å²) in [6.07, 6.45) is 9.89. The Morgan fingerprint density at radius 3 is 1.92 bits per heavy atom. The van der Waals surface area contributed by atoms with Gasteiger partial charge in [0, 0.05) is 0 Å². The molecule has 0 saturated carbocycles. The summed E-state index contributed by atoms with van der Waals surface area (Å²) in [5, 5.41) is 20.3. The Balaban J connectivity index is 0. The van der Waals surface area contributed by atoms with Crippen molar-refractivity contribution < 1.29 is 57.5 Å². The number of aliphatic imine (C=N–C) groups is 1. The summed E-state index contributed by atoms with van der Waals surface area (Å²) in [6, 6.07) is -1.74. The van der Waals surface area contributed by atoms with Gasteiger partial charge in [-0.25, -0.2) is 4.79 Å². The van der Waals surface area contributed by atoms with Gasteiger partial charge in [-0.3, -0.25) is 9.55 Å². The van der Waals surface area contributed by atoms with Crippen molar-refractivity contribution in [2.24, 2.45) is 4.99 Å². The normalized spacial score (nSPS) is 13.3. The molecule has 24 heavy (non-hydrogen) atoms. The molecule has 2 N–H and O–H groups in total. The van der Waals surface area contributed by atoms with Crippen LogP contribution in [-0.2, 0) is 14.9 Å². The molecule has 0 aromatic heterocycles. The first kappa shape index (κ1) is 26.1. The molecule has 9 heteroatoms. The van der Waals surface area contributed by atoms with Gasteiger partial charge in [-0.05, 0) is 18.7 Å². The van der Waals surface area contributed by atoms with Crippen LogP contribution in [0.2, 0.25) is 0 Å². The van der Waals surface area contributed by atoms with Crippen molar-refractivity contribution in [3.63, 3.8) is 0 Å². The van der Waals surface area contributed by atoms with Gasteiger partial charge in [0.05, 0.1) is 0 Å². The molecule has 0 saturated heterocycles. The monoisotopic (exact) mass is 373 g/mol. The van der Waals surface area contributed by atoms with Gasteiger partial charge in [-0.2, -0.15) is 8.42 Å². The van der Waals surface area contributed by atoms with Crippen LogP contribution >= 0.6 is 0 Å². The fourth-order valence-electron chi connectivity index (χ4n) is 2.19. The minimum absolute atomic E-state index is 0. The SMILES string of the molecule is CCCCCCCCCCCC([O-])=N[C@@H](CS(=O)(=O)O)C(=O)O.[Na+]. The van der Waals surface area contributed by atoms with E-state index in [0.717, 1.165) is 19.3 Å². The van der Waals surface area contributed by atoms with Gasteiger partial charge < -0.3 is 10.2 Å². The molecule has 0 spiro atoms. The largest absolute Gasteiger partial charge is 1.00 e. The minimum atomic E-state index is -4.48. The number of carboxylic acids is 1. The third kappa shape index (κ3) is 16.7. The van der Waals surface area contributed by atoms with Gasteiger partial charge in [-0.1, -0.05) is 58.3 Å². The Labute approximate surface area is 167 Å². The molecule has 136 valence electrons. The molecule has 7 nitrogen and oxygen atoms in total. The molecule has 0 aliphatic heterocycles. The zero-order valence-electron chi connectivity index (χ0n) is 14.7. The molecule has 0 unspecified atom stereocenters. The zero-order chi connectivity index (χ0) is 17.7. The summed E-state index contributed by atoms with van der Waals surface area (Å²) >= 11 is 0. The molecule has 0 aromatic carbocycles. The van der Waals surface area contributed by atoms with E-state index in [1.54, 1.807) is 0 Å². The van der Waals surface area contributed by atoms with Gasteiger partial charge in [0.2, 0.25) is 0 Å². The van der Waals surface area contributed by atoms with E-state index in [-0.39, 0.29) is 36.0 Å². The van der Waals surface area contributed by atoms with Crippen LogP contribution in [-0.4, -0.2) is 41.7 Å². The predicted octanol–water partition coefficient (Wildman–Crippen LogP) is -0.989. The van der Waals surface area contributed by atoms with E-state index in [2.05, 4.69) is 11.9 Å². The molecule has 0 rings (SSSR count). The van der Waals surface area contributed by atoms with Crippen LogP contribution in [0, 0.1) is 0 Å². The summed E-state index contributed by atoms with van der Waals surface area (Å²) in [4.78, 5) is 14.2. The summed E-state index contributed by atoms with van der Waals surface area (Å²) in [6.45, 7) is 2.17. The first-order valence-electron chi connectivity index (χ1n) is 8.18. The van der Waals surface area contributed by atoms with Crippen LogP contribution in [0.15, 0.2) is 4.99 Å². The maximum atomic E-state index is 11.5. The first-order valence-corrected chi connectivity index (χ1v) is 9.78. The molecule has 0 aliphatic rings. The number of hydrogen-bond acceptors (Lipinski definition) is 5. The van der Waals surface area contributed by atoms with Crippen LogP contribution in [0.25, 0.3) is 0 Å². The number of carboxylic acid groups (broad SMARTS) is 1. The average Bonchev–Trinajstić information content (AvgIpc) is 2.43. The van der Waals surface area contributed by atoms with Crippen molar-refractivity contribution in [1.29, 1.82) is 0 Å². The zero-order valence-corrected chi connectivity index (χ0v) is 17.6. The van der Waals surface area contributed by atoms with Crippen LogP contribution in [0.3, 0.4) is 0 Å². The third-order valence-corrected chi connectivity index (χ3v) is 4.18. The molecule has 0 aliphatic carbocycles. The van der Waals surface area contributed by atoms with Crippen LogP contribution in [0.5, 0.6) is 0 Å². The molecule has 0 amide bonds. The van der Waals surface area contributed by atoms with Gasteiger partial charge in [0.15, 0.2) is 6.04 Å². The molecule has 0 bridgehead atoms. The number of carbonyl (C=O) groups is 1. The summed E-state index contributed by atoms with van der Waals surface area (Å²) in [7, 11) is -4.48. The fourth-order valence-corrected chi connectivity index (χ4v) is 2.80. The Morgan fingerprint density at radius 1 is 1.04 bits per heavy atom. The van der Waals surface area contributed by atoms with Crippen molar-refractivity contribution in [1.82, 2.24) is 0 Å².